The molecule has 1 aliphatic carbocycles. The van der Waals surface area contributed by atoms with Crippen LogP contribution in [-0.4, -0.2) is 42.7 Å². The summed E-state index contributed by atoms with van der Waals surface area (Å²) in [6.45, 7) is 10.3. The van der Waals surface area contributed by atoms with Crippen LogP contribution >= 0.6 is 0 Å². The lowest BCUT2D eigenvalue weighted by Crippen LogP contribution is -2.21. The molecule has 6 nitrogen and oxygen atoms in total. The van der Waals surface area contributed by atoms with Crippen LogP contribution in [0.4, 0.5) is 13.2 Å². The lowest BCUT2D eigenvalue weighted by Gasteiger charge is -2.16. The first-order chi connectivity index (χ1) is 13.1. The normalized spacial score (nSPS) is 19.0. The molecule has 1 rings (SSSR count). The van der Waals surface area contributed by atoms with Crippen molar-refractivity contribution >= 4 is 12.3 Å². The van der Waals surface area contributed by atoms with Gasteiger partial charge in [0.25, 0.3) is 0 Å². The Kier molecular flexibility index (Phi) is 8.76. The number of rotatable bonds is 7. The summed E-state index contributed by atoms with van der Waals surface area (Å²) >= 11 is 0. The summed E-state index contributed by atoms with van der Waals surface area (Å²) in [7, 11) is 1.42. The number of hydrogen-bond donors (Lipinski definition) is 0. The summed E-state index contributed by atoms with van der Waals surface area (Å²) in [6, 6.07) is -0.617. The molecule has 0 amide bonds. The first kappa shape index (κ1) is 23.3. The highest BCUT2D eigenvalue weighted by Crippen LogP contribution is 2.36. The largest absolute Gasteiger partial charge is 0.501 e. The summed E-state index contributed by atoms with van der Waals surface area (Å²) in [5.74, 6) is -1.71. The molecular formula is C19H25F3N3O3+. The van der Waals surface area contributed by atoms with E-state index in [0.717, 1.165) is 17.2 Å². The van der Waals surface area contributed by atoms with E-state index < -0.39 is 24.1 Å². The van der Waals surface area contributed by atoms with E-state index in [1.165, 1.54) is 19.6 Å². The third kappa shape index (κ3) is 7.86. The van der Waals surface area contributed by atoms with E-state index in [9.17, 15) is 18.0 Å². The van der Waals surface area contributed by atoms with Gasteiger partial charge in [-0.3, -0.25) is 4.99 Å². The molecule has 2 unspecified atom stereocenters. The monoisotopic (exact) mass is 400 g/mol. The van der Waals surface area contributed by atoms with Gasteiger partial charge in [0.15, 0.2) is 6.34 Å². The van der Waals surface area contributed by atoms with Crippen LogP contribution in [0.1, 0.15) is 33.6 Å². The number of esters is 1. The second-order valence-electron chi connectivity index (χ2n) is 6.41. The Morgan fingerprint density at radius 3 is 2.64 bits per heavy atom. The fourth-order valence-corrected chi connectivity index (χ4v) is 2.37. The quantitative estimate of drug-likeness (QED) is 0.208. The molecule has 0 saturated heterocycles. The molecule has 0 saturated carbocycles. The van der Waals surface area contributed by atoms with Crippen LogP contribution in [0.25, 0.3) is 4.95 Å². The minimum absolute atomic E-state index is 0.0892. The van der Waals surface area contributed by atoms with Gasteiger partial charge in [-0.1, -0.05) is 6.08 Å². The molecule has 2 atom stereocenters. The van der Waals surface area contributed by atoms with E-state index in [1.54, 1.807) is 26.8 Å². The van der Waals surface area contributed by atoms with E-state index in [4.69, 9.17) is 16.0 Å². The lowest BCUT2D eigenvalue weighted by molar-refractivity contribution is -0.162. The highest BCUT2D eigenvalue weighted by atomic mass is 19.4. The van der Waals surface area contributed by atoms with Crippen molar-refractivity contribution in [2.75, 3.05) is 7.11 Å². The Bertz CT molecular complexity index is 703. The Labute approximate surface area is 162 Å². The van der Waals surface area contributed by atoms with Gasteiger partial charge in [-0.25, -0.2) is 4.79 Å². The SMILES string of the molecule is C#[N+]N(C=NC(C)C1=CC(C(F)(F)F)CCC(OC)=C1)/C=C\C(=O)OC(C)C. The molecule has 154 valence electrons. The van der Waals surface area contributed by atoms with Gasteiger partial charge in [-0.15, -0.1) is 0 Å². The molecule has 9 heteroatoms. The molecule has 0 aromatic rings. The average Bonchev–Trinajstić information content (AvgIpc) is 2.83. The molecule has 28 heavy (non-hydrogen) atoms. The highest BCUT2D eigenvalue weighted by Gasteiger charge is 2.39. The zero-order valence-electron chi connectivity index (χ0n) is 16.3. The zero-order valence-corrected chi connectivity index (χ0v) is 16.3. The number of alkyl halides is 3. The van der Waals surface area contributed by atoms with Gasteiger partial charge in [0.2, 0.25) is 0 Å². The maximum atomic E-state index is 13.2. The van der Waals surface area contributed by atoms with Gasteiger partial charge in [0.05, 0.1) is 42.1 Å². The molecule has 0 aliphatic heterocycles. The van der Waals surface area contributed by atoms with Crippen LogP contribution in [0.2, 0.25) is 0 Å². The second-order valence-corrected chi connectivity index (χ2v) is 6.41. The number of hydrogen-bond acceptors (Lipinski definition) is 4. The number of allylic oxidation sites excluding steroid dienone is 2. The third-order valence-corrected chi connectivity index (χ3v) is 3.85. The van der Waals surface area contributed by atoms with Gasteiger partial charge < -0.3 is 9.47 Å². The van der Waals surface area contributed by atoms with Gasteiger partial charge in [-0.05, 0) is 43.9 Å². The van der Waals surface area contributed by atoms with Crippen LogP contribution in [0, 0.1) is 12.5 Å². The standard InChI is InChI=1S/C19H25F3N3O3/c1-13(2)28-18(26)8-9-25(23-4)12-24-14(3)15-10-16(19(20,21)22)6-7-17(11-15)27-5/h4,8-14,16H,6-7H2,1-3,5H3/q+1/b9-8-,24-12?. The molecule has 0 heterocycles. The van der Waals surface area contributed by atoms with Gasteiger partial charge in [-0.2, -0.15) is 13.2 Å². The predicted molar refractivity (Wildman–Crippen MR) is 100 cm³/mol. The summed E-state index contributed by atoms with van der Waals surface area (Å²) in [5.41, 5.74) is 0.369. The topological polar surface area (TPSA) is 55.5 Å². The molecule has 0 radical (unpaired) electrons. The average molecular weight is 400 g/mol. The van der Waals surface area contributed by atoms with Gasteiger partial charge in [0.1, 0.15) is 0 Å². The van der Waals surface area contributed by atoms with Crippen molar-refractivity contribution in [1.82, 2.24) is 5.01 Å². The number of ether oxygens (including phenoxy) is 2. The molecule has 1 aliphatic rings. The molecule has 0 aromatic carbocycles. The number of carbonyl (C=O) groups is 1. The Morgan fingerprint density at radius 2 is 2.11 bits per heavy atom. The number of carbonyl (C=O) groups excluding carboxylic acids is 1. The van der Waals surface area contributed by atoms with E-state index in [1.807, 2.05) is 0 Å². The lowest BCUT2D eigenvalue weighted by atomic mass is 10.00. The zero-order chi connectivity index (χ0) is 21.3. The van der Waals surface area contributed by atoms with E-state index in [2.05, 4.69) is 9.95 Å². The van der Waals surface area contributed by atoms with Crippen molar-refractivity contribution in [1.29, 1.82) is 0 Å². The summed E-state index contributed by atoms with van der Waals surface area (Å²) in [6.07, 6.45) is 1.75. The number of halogens is 3. The summed E-state index contributed by atoms with van der Waals surface area (Å²) in [5, 5.41) is 1.05. The van der Waals surface area contributed by atoms with Crippen LogP contribution in [0.3, 0.4) is 0 Å². The number of nitrogens with zero attached hydrogens (tertiary/aromatic N) is 3. The van der Waals surface area contributed by atoms with E-state index >= 15 is 0 Å². The maximum absolute atomic E-state index is 13.2. The smallest absolute Gasteiger partial charge is 0.395 e. The Hall–Kier alpha value is -2.76. The van der Waals surface area contributed by atoms with Gasteiger partial charge in [0, 0.05) is 12.5 Å². The molecule has 0 fully saturated rings. The molecule has 0 spiro atoms. The van der Waals surface area contributed by atoms with Crippen molar-refractivity contribution in [2.24, 2.45) is 10.9 Å². The number of methoxy groups -OCH3 is 1. The van der Waals surface area contributed by atoms with Crippen molar-refractivity contribution in [3.63, 3.8) is 0 Å². The predicted octanol–water partition coefficient (Wildman–Crippen LogP) is 4.48. The van der Waals surface area contributed by atoms with Crippen LogP contribution < -0.4 is 0 Å². The fourth-order valence-electron chi connectivity index (χ4n) is 2.37. The Morgan fingerprint density at radius 1 is 1.43 bits per heavy atom. The maximum Gasteiger partial charge on any atom is 0.395 e. The van der Waals surface area contributed by atoms with Crippen molar-refractivity contribution in [3.05, 3.63) is 40.7 Å². The molecule has 0 N–H and O–H groups in total. The molecule has 0 aromatic heterocycles. The second kappa shape index (κ2) is 10.5. The first-order valence-corrected chi connectivity index (χ1v) is 8.71. The van der Waals surface area contributed by atoms with E-state index in [0.29, 0.717) is 11.3 Å². The van der Waals surface area contributed by atoms with Crippen molar-refractivity contribution in [3.8, 4) is 6.57 Å². The first-order valence-electron chi connectivity index (χ1n) is 8.71. The fraction of sp³-hybridized carbons (Fsp3) is 0.526. The number of aliphatic imine (C=N–C) groups is 1. The third-order valence-electron chi connectivity index (χ3n) is 3.85. The summed E-state index contributed by atoms with van der Waals surface area (Å²) in [4.78, 5) is 19.1. The van der Waals surface area contributed by atoms with E-state index in [-0.39, 0.29) is 18.9 Å². The minimum atomic E-state index is -4.34. The van der Waals surface area contributed by atoms with Crippen LogP contribution in [0.5, 0.6) is 0 Å². The van der Waals surface area contributed by atoms with Crippen molar-refractivity contribution in [2.45, 2.75) is 51.9 Å². The van der Waals surface area contributed by atoms with Crippen LogP contribution in [-0.2, 0) is 14.3 Å². The highest BCUT2D eigenvalue weighted by molar-refractivity contribution is 5.82. The van der Waals surface area contributed by atoms with Gasteiger partial charge >= 0.3 is 18.7 Å². The van der Waals surface area contributed by atoms with Crippen LogP contribution in [0.15, 0.2) is 40.8 Å². The molecule has 0 bridgehead atoms. The minimum Gasteiger partial charge on any atom is -0.501 e. The molecular weight excluding hydrogens is 375 g/mol. The Balaban J connectivity index is 2.95. The van der Waals surface area contributed by atoms with Crippen molar-refractivity contribution < 1.29 is 27.4 Å². The summed E-state index contributed by atoms with van der Waals surface area (Å²) < 4.78 is 49.6.